The molecule has 3 rings (SSSR count). The molecular weight excluding hydrogens is 378 g/mol. The molecule has 3 heterocycles. The highest BCUT2D eigenvalue weighted by Gasteiger charge is 2.18. The van der Waals surface area contributed by atoms with Crippen LogP contribution in [0, 0.1) is 0 Å². The number of rotatable bonds is 5. The number of primary amides is 1. The van der Waals surface area contributed by atoms with E-state index < -0.39 is 5.91 Å². The molecule has 0 bridgehead atoms. The molecule has 2 aliphatic heterocycles. The number of aliphatic imine (C=N–C) groups is 1. The van der Waals surface area contributed by atoms with Crippen molar-refractivity contribution >= 4 is 29.5 Å². The van der Waals surface area contributed by atoms with Gasteiger partial charge in [-0.25, -0.2) is 15.0 Å². The first-order chi connectivity index (χ1) is 13.5. The van der Waals surface area contributed by atoms with Crippen LogP contribution in [0.2, 0.25) is 5.15 Å². The topological polar surface area (TPSA) is 99.7 Å². The molecule has 3 N–H and O–H groups in total. The largest absolute Gasteiger partial charge is 0.364 e. The van der Waals surface area contributed by atoms with E-state index in [1.165, 1.54) is 0 Å². The molecule has 0 radical (unpaired) electrons. The molecule has 8 nitrogen and oxygen atoms in total. The normalized spacial score (nSPS) is 20.6. The SMILES string of the molecule is CCc1nc(C(N)=O)c(NC2=C/C=C/C=C(\N3CCN(C)CC3)N=C2)nc1Cl. The number of aromatic nitrogens is 2. The third-order valence-corrected chi connectivity index (χ3v) is 4.85. The van der Waals surface area contributed by atoms with Crippen LogP contribution in [0.25, 0.3) is 0 Å². The maximum atomic E-state index is 11.8. The van der Waals surface area contributed by atoms with Gasteiger partial charge in [-0.1, -0.05) is 30.7 Å². The second kappa shape index (κ2) is 8.99. The molecule has 0 saturated carbocycles. The van der Waals surface area contributed by atoms with Crippen molar-refractivity contribution < 1.29 is 4.79 Å². The van der Waals surface area contributed by atoms with E-state index in [2.05, 4.69) is 37.1 Å². The fourth-order valence-electron chi connectivity index (χ4n) is 2.89. The first kappa shape index (κ1) is 20.0. The second-order valence-electron chi connectivity index (χ2n) is 6.58. The van der Waals surface area contributed by atoms with Gasteiger partial charge < -0.3 is 20.9 Å². The number of aryl methyl sites for hydroxylation is 1. The van der Waals surface area contributed by atoms with Gasteiger partial charge in [-0.15, -0.1) is 0 Å². The third kappa shape index (κ3) is 4.76. The number of allylic oxidation sites excluding steroid dienone is 5. The van der Waals surface area contributed by atoms with E-state index in [1.54, 1.807) is 6.21 Å². The number of carbonyl (C=O) groups is 1. The molecule has 28 heavy (non-hydrogen) atoms. The summed E-state index contributed by atoms with van der Waals surface area (Å²) in [6, 6.07) is 0. The van der Waals surface area contributed by atoms with Crippen LogP contribution in [0.1, 0.15) is 23.1 Å². The minimum absolute atomic E-state index is 0.0522. The molecule has 1 aromatic rings. The van der Waals surface area contributed by atoms with Crippen LogP contribution < -0.4 is 11.1 Å². The first-order valence-electron chi connectivity index (χ1n) is 9.17. The van der Waals surface area contributed by atoms with Gasteiger partial charge in [-0.3, -0.25) is 4.79 Å². The van der Waals surface area contributed by atoms with Gasteiger partial charge in [0, 0.05) is 26.2 Å². The molecule has 148 valence electrons. The Labute approximate surface area is 169 Å². The lowest BCUT2D eigenvalue weighted by molar-refractivity contribution is 0.0996. The highest BCUT2D eigenvalue weighted by Crippen LogP contribution is 2.20. The smallest absolute Gasteiger partial charge is 0.271 e. The summed E-state index contributed by atoms with van der Waals surface area (Å²) in [6.07, 6.45) is 9.88. The van der Waals surface area contributed by atoms with Crippen molar-refractivity contribution in [3.8, 4) is 0 Å². The Bertz CT molecular complexity index is 867. The van der Waals surface area contributed by atoms with Gasteiger partial charge in [0.25, 0.3) is 5.91 Å². The quantitative estimate of drug-likeness (QED) is 0.780. The van der Waals surface area contributed by atoms with Crippen LogP contribution in [0.3, 0.4) is 0 Å². The average molecular weight is 402 g/mol. The lowest BCUT2D eigenvalue weighted by Crippen LogP contribution is -2.43. The molecule has 9 heteroatoms. The Morgan fingerprint density at radius 1 is 1.21 bits per heavy atom. The third-order valence-electron chi connectivity index (χ3n) is 4.55. The molecule has 1 amide bonds. The second-order valence-corrected chi connectivity index (χ2v) is 6.94. The van der Waals surface area contributed by atoms with Crippen molar-refractivity contribution in [3.63, 3.8) is 0 Å². The summed E-state index contributed by atoms with van der Waals surface area (Å²) in [5.74, 6) is 0.433. The van der Waals surface area contributed by atoms with Gasteiger partial charge in [0.05, 0.1) is 17.6 Å². The molecule has 0 spiro atoms. The fraction of sp³-hybridized carbons (Fsp3) is 0.368. The van der Waals surface area contributed by atoms with Gasteiger partial charge in [-0.05, 0) is 25.6 Å². The highest BCUT2D eigenvalue weighted by atomic mass is 35.5. The Hall–Kier alpha value is -2.71. The number of halogens is 1. The monoisotopic (exact) mass is 401 g/mol. The summed E-state index contributed by atoms with van der Waals surface area (Å²) >= 11 is 6.17. The Balaban J connectivity index is 1.81. The number of hydrogen-bond donors (Lipinski definition) is 2. The highest BCUT2D eigenvalue weighted by molar-refractivity contribution is 6.30. The van der Waals surface area contributed by atoms with E-state index in [1.807, 2.05) is 31.2 Å². The summed E-state index contributed by atoms with van der Waals surface area (Å²) < 4.78 is 0. The molecular formula is C19H24ClN7O. The van der Waals surface area contributed by atoms with Crippen LogP contribution in [0.4, 0.5) is 5.82 Å². The van der Waals surface area contributed by atoms with Crippen molar-refractivity contribution in [2.24, 2.45) is 10.7 Å². The van der Waals surface area contributed by atoms with Crippen molar-refractivity contribution in [2.75, 3.05) is 38.5 Å². The zero-order valence-electron chi connectivity index (χ0n) is 16.0. The number of anilines is 1. The number of amides is 1. The van der Waals surface area contributed by atoms with Crippen LogP contribution in [-0.4, -0.2) is 65.1 Å². The summed E-state index contributed by atoms with van der Waals surface area (Å²) in [4.78, 5) is 29.5. The number of nitrogens with one attached hydrogen (secondary N) is 1. The maximum absolute atomic E-state index is 11.8. The van der Waals surface area contributed by atoms with E-state index in [-0.39, 0.29) is 16.7 Å². The number of nitrogens with zero attached hydrogens (tertiary/aromatic N) is 5. The number of piperazine rings is 1. The first-order valence-corrected chi connectivity index (χ1v) is 9.55. The van der Waals surface area contributed by atoms with Crippen molar-refractivity contribution in [2.45, 2.75) is 13.3 Å². The van der Waals surface area contributed by atoms with Gasteiger partial charge in [0.15, 0.2) is 16.7 Å². The molecule has 1 saturated heterocycles. The van der Waals surface area contributed by atoms with E-state index in [4.69, 9.17) is 17.3 Å². The zero-order chi connectivity index (χ0) is 20.1. The van der Waals surface area contributed by atoms with Crippen molar-refractivity contribution in [3.05, 3.63) is 52.4 Å². The van der Waals surface area contributed by atoms with Crippen LogP contribution in [0.5, 0.6) is 0 Å². The summed E-state index contributed by atoms with van der Waals surface area (Å²) in [6.45, 7) is 5.72. The fourth-order valence-corrected chi connectivity index (χ4v) is 3.15. The molecule has 0 aromatic carbocycles. The van der Waals surface area contributed by atoms with Crippen LogP contribution in [0.15, 0.2) is 40.8 Å². The van der Waals surface area contributed by atoms with Crippen LogP contribution in [-0.2, 0) is 6.42 Å². The van der Waals surface area contributed by atoms with Gasteiger partial charge in [0.1, 0.15) is 5.82 Å². The van der Waals surface area contributed by atoms with Gasteiger partial charge in [-0.2, -0.15) is 0 Å². The minimum Gasteiger partial charge on any atom is -0.364 e. The minimum atomic E-state index is -0.668. The molecule has 0 aliphatic carbocycles. The number of nitrogens with two attached hydrogens (primary N) is 1. The maximum Gasteiger partial charge on any atom is 0.271 e. The lowest BCUT2D eigenvalue weighted by atomic mass is 10.2. The van der Waals surface area contributed by atoms with Gasteiger partial charge >= 0.3 is 0 Å². The molecule has 1 fully saturated rings. The average Bonchev–Trinajstić information content (AvgIpc) is 2.65. The molecule has 2 aliphatic rings. The predicted molar refractivity (Wildman–Crippen MR) is 111 cm³/mol. The molecule has 0 atom stereocenters. The zero-order valence-corrected chi connectivity index (χ0v) is 16.8. The van der Waals surface area contributed by atoms with Crippen LogP contribution >= 0.6 is 11.6 Å². The Morgan fingerprint density at radius 3 is 2.61 bits per heavy atom. The summed E-state index contributed by atoms with van der Waals surface area (Å²) in [5, 5.41) is 3.31. The summed E-state index contributed by atoms with van der Waals surface area (Å²) in [5.41, 5.74) is 6.70. The van der Waals surface area contributed by atoms with E-state index in [0.717, 1.165) is 32.0 Å². The number of carbonyl (C=O) groups excluding carboxylic acids is 1. The molecule has 1 aromatic heterocycles. The number of hydrogen-bond acceptors (Lipinski definition) is 7. The lowest BCUT2D eigenvalue weighted by Gasteiger charge is -2.34. The Kier molecular flexibility index (Phi) is 6.43. The number of likely N-dealkylation sites (N-methyl/N-ethyl adjacent to an activating group) is 1. The molecule has 0 unspecified atom stereocenters. The van der Waals surface area contributed by atoms with Crippen molar-refractivity contribution in [1.82, 2.24) is 19.8 Å². The van der Waals surface area contributed by atoms with E-state index in [0.29, 0.717) is 17.8 Å². The summed E-state index contributed by atoms with van der Waals surface area (Å²) in [7, 11) is 2.12. The standard InChI is InChI=1S/C19H24ClN7O/c1-3-14-17(20)25-19(16(24-14)18(21)28)23-13-6-4-5-7-15(22-12-13)27-10-8-26(2)9-11-27/h4-7,12H,3,8-11H2,1-2H3,(H2,21,28)(H,23,25)/b5-4+,6-4?,7-5?,13-6?,13-12?,15-7-,22-12?,22-15?. The predicted octanol–water partition coefficient (Wildman–Crippen LogP) is 1.82. The Morgan fingerprint density at radius 2 is 1.93 bits per heavy atom. The van der Waals surface area contributed by atoms with Crippen molar-refractivity contribution in [1.29, 1.82) is 0 Å². The van der Waals surface area contributed by atoms with E-state index in [9.17, 15) is 4.79 Å². The van der Waals surface area contributed by atoms with E-state index >= 15 is 0 Å². The van der Waals surface area contributed by atoms with Gasteiger partial charge in [0.2, 0.25) is 0 Å².